The average Bonchev–Trinajstić information content (AvgIpc) is 3.11. The van der Waals surface area contributed by atoms with Gasteiger partial charge >= 0.3 is 0 Å². The SMILES string of the molecule is CN(c1ccc(-c2csc(NC(=O)c3cc(F)c(Cl)cc3Cl)n2)cc1)S(C)(=O)=O. The molecule has 0 saturated heterocycles. The molecule has 0 saturated carbocycles. The summed E-state index contributed by atoms with van der Waals surface area (Å²) in [6, 6.07) is 8.89. The fourth-order valence-electron chi connectivity index (χ4n) is 2.36. The molecule has 0 aliphatic heterocycles. The van der Waals surface area contributed by atoms with Crippen LogP contribution >= 0.6 is 34.5 Å². The van der Waals surface area contributed by atoms with Crippen molar-refractivity contribution < 1.29 is 17.6 Å². The maximum atomic E-state index is 13.6. The van der Waals surface area contributed by atoms with Crippen LogP contribution in [0, 0.1) is 5.82 Å². The Kier molecular flexibility index (Phi) is 6.13. The number of aromatic nitrogens is 1. The lowest BCUT2D eigenvalue weighted by molar-refractivity contribution is 0.102. The minimum atomic E-state index is -3.35. The molecule has 1 aromatic heterocycles. The van der Waals surface area contributed by atoms with Gasteiger partial charge < -0.3 is 0 Å². The van der Waals surface area contributed by atoms with Crippen molar-refractivity contribution >= 4 is 61.3 Å². The molecule has 0 aliphatic rings. The van der Waals surface area contributed by atoms with Crippen LogP contribution in [0.15, 0.2) is 41.8 Å². The van der Waals surface area contributed by atoms with Crippen LogP contribution in [0.5, 0.6) is 0 Å². The number of benzene rings is 2. The molecule has 152 valence electrons. The van der Waals surface area contributed by atoms with Crippen molar-refractivity contribution in [2.75, 3.05) is 22.9 Å². The summed E-state index contributed by atoms with van der Waals surface area (Å²) in [5.74, 6) is -1.36. The zero-order chi connectivity index (χ0) is 21.3. The summed E-state index contributed by atoms with van der Waals surface area (Å²) in [7, 11) is -1.89. The summed E-state index contributed by atoms with van der Waals surface area (Å²) in [6.07, 6.45) is 1.12. The zero-order valence-corrected chi connectivity index (χ0v) is 18.3. The van der Waals surface area contributed by atoms with Crippen molar-refractivity contribution in [2.24, 2.45) is 0 Å². The number of thiazole rings is 1. The molecule has 0 radical (unpaired) electrons. The van der Waals surface area contributed by atoms with E-state index in [2.05, 4.69) is 10.3 Å². The largest absolute Gasteiger partial charge is 0.298 e. The number of halogens is 3. The van der Waals surface area contributed by atoms with Crippen LogP contribution in [0.3, 0.4) is 0 Å². The number of carbonyl (C=O) groups excluding carboxylic acids is 1. The van der Waals surface area contributed by atoms with Crippen molar-refractivity contribution in [3.05, 3.63) is 63.2 Å². The molecule has 29 heavy (non-hydrogen) atoms. The molecular weight excluding hydrogens is 460 g/mol. The smallest absolute Gasteiger partial charge is 0.259 e. The molecule has 11 heteroatoms. The molecule has 6 nitrogen and oxygen atoms in total. The van der Waals surface area contributed by atoms with Gasteiger partial charge in [-0.05, 0) is 24.3 Å². The average molecular weight is 474 g/mol. The Morgan fingerprint density at radius 2 is 1.83 bits per heavy atom. The molecule has 1 amide bonds. The van der Waals surface area contributed by atoms with Crippen LogP contribution in [0.25, 0.3) is 11.3 Å². The van der Waals surface area contributed by atoms with Gasteiger partial charge in [-0.3, -0.25) is 14.4 Å². The number of nitrogens with zero attached hydrogens (tertiary/aromatic N) is 2. The lowest BCUT2D eigenvalue weighted by atomic mass is 10.1. The molecule has 1 N–H and O–H groups in total. The van der Waals surface area contributed by atoms with E-state index >= 15 is 0 Å². The normalized spacial score (nSPS) is 11.3. The van der Waals surface area contributed by atoms with E-state index in [9.17, 15) is 17.6 Å². The van der Waals surface area contributed by atoms with Crippen LogP contribution in [-0.2, 0) is 10.0 Å². The maximum absolute atomic E-state index is 13.6. The fourth-order valence-corrected chi connectivity index (χ4v) is 4.05. The highest BCUT2D eigenvalue weighted by atomic mass is 35.5. The van der Waals surface area contributed by atoms with E-state index in [1.807, 2.05) is 0 Å². The van der Waals surface area contributed by atoms with Crippen molar-refractivity contribution in [2.45, 2.75) is 0 Å². The number of anilines is 2. The summed E-state index contributed by atoms with van der Waals surface area (Å²) in [6.45, 7) is 0. The molecule has 0 bridgehead atoms. The summed E-state index contributed by atoms with van der Waals surface area (Å²) in [5.41, 5.74) is 1.79. The molecule has 1 heterocycles. The number of amides is 1. The summed E-state index contributed by atoms with van der Waals surface area (Å²) in [4.78, 5) is 16.7. The molecule has 0 fully saturated rings. The van der Waals surface area contributed by atoms with E-state index in [0.29, 0.717) is 16.5 Å². The quantitative estimate of drug-likeness (QED) is 0.534. The highest BCUT2D eigenvalue weighted by Gasteiger charge is 2.16. The van der Waals surface area contributed by atoms with E-state index in [4.69, 9.17) is 23.2 Å². The van der Waals surface area contributed by atoms with Gasteiger partial charge in [0.05, 0.1) is 33.2 Å². The van der Waals surface area contributed by atoms with Crippen LogP contribution in [0.2, 0.25) is 10.0 Å². The topological polar surface area (TPSA) is 79.4 Å². The van der Waals surface area contributed by atoms with Gasteiger partial charge in [0, 0.05) is 18.0 Å². The Balaban J connectivity index is 1.77. The first-order valence-electron chi connectivity index (χ1n) is 8.02. The highest BCUT2D eigenvalue weighted by molar-refractivity contribution is 7.92. The van der Waals surface area contributed by atoms with Gasteiger partial charge in [-0.2, -0.15) is 0 Å². The Labute approximate surface area is 181 Å². The van der Waals surface area contributed by atoms with E-state index in [-0.39, 0.29) is 15.6 Å². The minimum Gasteiger partial charge on any atom is -0.298 e. The van der Waals surface area contributed by atoms with Gasteiger partial charge in [-0.15, -0.1) is 11.3 Å². The Morgan fingerprint density at radius 3 is 2.45 bits per heavy atom. The number of rotatable bonds is 5. The number of carbonyl (C=O) groups is 1. The lowest BCUT2D eigenvalue weighted by Gasteiger charge is -2.16. The second kappa shape index (κ2) is 8.27. The lowest BCUT2D eigenvalue weighted by Crippen LogP contribution is -2.24. The summed E-state index contributed by atoms with van der Waals surface area (Å²) >= 11 is 12.8. The van der Waals surface area contributed by atoms with E-state index in [1.165, 1.54) is 22.7 Å². The number of sulfonamides is 1. The molecular formula is C18H14Cl2FN3O3S2. The predicted octanol–water partition coefficient (Wildman–Crippen LogP) is 4.90. The highest BCUT2D eigenvalue weighted by Crippen LogP contribution is 2.29. The molecule has 3 aromatic rings. The predicted molar refractivity (Wildman–Crippen MR) is 115 cm³/mol. The van der Waals surface area contributed by atoms with Gasteiger partial charge in [-0.25, -0.2) is 17.8 Å². The zero-order valence-electron chi connectivity index (χ0n) is 15.1. The second-order valence-electron chi connectivity index (χ2n) is 6.02. The first kappa shape index (κ1) is 21.5. The van der Waals surface area contributed by atoms with Gasteiger partial charge in [0.15, 0.2) is 5.13 Å². The number of nitrogens with one attached hydrogen (secondary N) is 1. The van der Waals surface area contributed by atoms with E-state index in [1.54, 1.807) is 29.6 Å². The fraction of sp³-hybridized carbons (Fsp3) is 0.111. The number of hydrogen-bond acceptors (Lipinski definition) is 5. The van der Waals surface area contributed by atoms with Crippen molar-refractivity contribution in [1.82, 2.24) is 4.98 Å². The standard InChI is InChI=1S/C18H14Cl2FN3O3S2/c1-24(29(2,26)27)11-5-3-10(4-6-11)16-9-28-18(22-16)23-17(25)12-7-15(21)14(20)8-13(12)19/h3-9H,1-2H3,(H,22,23,25). The molecule has 2 aromatic carbocycles. The van der Waals surface area contributed by atoms with Crippen molar-refractivity contribution in [1.29, 1.82) is 0 Å². The number of hydrogen-bond donors (Lipinski definition) is 1. The first-order valence-corrected chi connectivity index (χ1v) is 11.5. The maximum Gasteiger partial charge on any atom is 0.259 e. The molecule has 3 rings (SSSR count). The van der Waals surface area contributed by atoms with Crippen LogP contribution < -0.4 is 9.62 Å². The Hall–Kier alpha value is -2.20. The third-order valence-electron chi connectivity index (χ3n) is 4.00. The minimum absolute atomic E-state index is 0.0243. The molecule has 0 spiro atoms. The van der Waals surface area contributed by atoms with Gasteiger partial charge in [-0.1, -0.05) is 35.3 Å². The third-order valence-corrected chi connectivity index (χ3v) is 6.57. The Morgan fingerprint density at radius 1 is 1.17 bits per heavy atom. The van der Waals surface area contributed by atoms with Gasteiger partial charge in [0.25, 0.3) is 5.91 Å². The third kappa shape index (κ3) is 4.87. The van der Waals surface area contributed by atoms with Crippen molar-refractivity contribution in [3.63, 3.8) is 0 Å². The van der Waals surface area contributed by atoms with Gasteiger partial charge in [0.1, 0.15) is 5.82 Å². The van der Waals surface area contributed by atoms with Crippen LogP contribution in [-0.4, -0.2) is 32.6 Å². The summed E-state index contributed by atoms with van der Waals surface area (Å²) in [5, 5.41) is 4.45. The monoisotopic (exact) mass is 473 g/mol. The van der Waals surface area contributed by atoms with E-state index < -0.39 is 21.7 Å². The summed E-state index contributed by atoms with van der Waals surface area (Å²) < 4.78 is 38.0. The van der Waals surface area contributed by atoms with Crippen LogP contribution in [0.1, 0.15) is 10.4 Å². The molecule has 0 atom stereocenters. The van der Waals surface area contributed by atoms with Gasteiger partial charge in [0.2, 0.25) is 10.0 Å². The molecule has 0 unspecified atom stereocenters. The van der Waals surface area contributed by atoms with Crippen molar-refractivity contribution in [3.8, 4) is 11.3 Å². The second-order valence-corrected chi connectivity index (χ2v) is 9.70. The van der Waals surface area contributed by atoms with Crippen LogP contribution in [0.4, 0.5) is 15.2 Å². The van der Waals surface area contributed by atoms with E-state index in [0.717, 1.165) is 24.0 Å². The Bertz CT molecular complexity index is 1180. The first-order chi connectivity index (χ1) is 13.6. The molecule has 0 aliphatic carbocycles.